The van der Waals surface area contributed by atoms with Gasteiger partial charge >= 0.3 is 0 Å². The highest BCUT2D eigenvalue weighted by Crippen LogP contribution is 2.05. The second-order valence-electron chi connectivity index (χ2n) is 2.81. The van der Waals surface area contributed by atoms with Gasteiger partial charge in [0.2, 0.25) is 0 Å². The van der Waals surface area contributed by atoms with Gasteiger partial charge in [-0.25, -0.2) is 4.39 Å². The number of hydrogen-bond acceptors (Lipinski definition) is 1. The lowest BCUT2D eigenvalue weighted by molar-refractivity contribution is 0.587. The Morgan fingerprint density at radius 3 is 2.77 bits per heavy atom. The molecule has 0 unspecified atom stereocenters. The van der Waals surface area contributed by atoms with Crippen molar-refractivity contribution in [2.45, 2.75) is 13.0 Å². The van der Waals surface area contributed by atoms with Gasteiger partial charge in [0.15, 0.2) is 0 Å². The Morgan fingerprint density at radius 1 is 1.31 bits per heavy atom. The highest BCUT2D eigenvalue weighted by Gasteiger charge is 1.98. The molecule has 1 N–H and O–H groups in total. The van der Waals surface area contributed by atoms with Crippen molar-refractivity contribution in [3.8, 4) is 0 Å². The lowest BCUT2D eigenvalue weighted by Gasteiger charge is -2.04. The van der Waals surface area contributed by atoms with Crippen LogP contribution >= 0.6 is 15.9 Å². The molecule has 0 amide bonds. The average Bonchev–Trinajstić information content (AvgIpc) is 2.15. The molecule has 0 spiro atoms. The fourth-order valence-corrected chi connectivity index (χ4v) is 1.34. The molecule has 0 aliphatic rings. The Hall–Kier alpha value is -0.410. The minimum absolute atomic E-state index is 0.131. The van der Waals surface area contributed by atoms with Crippen molar-refractivity contribution < 1.29 is 4.39 Å². The van der Waals surface area contributed by atoms with Gasteiger partial charge in [-0.15, -0.1) is 0 Å². The summed E-state index contributed by atoms with van der Waals surface area (Å²) in [5.74, 6) is -0.131. The van der Waals surface area contributed by atoms with E-state index < -0.39 is 0 Å². The van der Waals surface area contributed by atoms with Crippen LogP contribution in [0.1, 0.15) is 12.0 Å². The molecular weight excluding hydrogens is 233 g/mol. The third kappa shape index (κ3) is 3.87. The minimum Gasteiger partial charge on any atom is -0.313 e. The van der Waals surface area contributed by atoms with E-state index in [0.29, 0.717) is 6.54 Å². The Bertz CT molecular complexity index is 252. The van der Waals surface area contributed by atoms with E-state index in [1.165, 1.54) is 6.07 Å². The van der Waals surface area contributed by atoms with Crippen LogP contribution in [0.15, 0.2) is 24.3 Å². The Labute approximate surface area is 86.5 Å². The van der Waals surface area contributed by atoms with Gasteiger partial charge in [-0.3, -0.25) is 0 Å². The molecule has 0 bridgehead atoms. The zero-order valence-corrected chi connectivity index (χ0v) is 8.98. The van der Waals surface area contributed by atoms with Crippen LogP contribution in [0.25, 0.3) is 0 Å². The minimum atomic E-state index is -0.131. The first-order valence-corrected chi connectivity index (χ1v) is 5.47. The van der Waals surface area contributed by atoms with Crippen LogP contribution in [-0.2, 0) is 6.54 Å². The molecule has 0 aliphatic carbocycles. The molecular formula is C10H13BrFN. The lowest BCUT2D eigenvalue weighted by Crippen LogP contribution is -2.15. The van der Waals surface area contributed by atoms with Crippen LogP contribution in [0.2, 0.25) is 0 Å². The van der Waals surface area contributed by atoms with Crippen LogP contribution in [0.3, 0.4) is 0 Å². The molecule has 72 valence electrons. The average molecular weight is 246 g/mol. The first kappa shape index (κ1) is 10.7. The van der Waals surface area contributed by atoms with Gasteiger partial charge in [-0.1, -0.05) is 34.1 Å². The third-order valence-electron chi connectivity index (χ3n) is 1.76. The fourth-order valence-electron chi connectivity index (χ4n) is 1.06. The third-order valence-corrected chi connectivity index (χ3v) is 2.32. The van der Waals surface area contributed by atoms with Crippen molar-refractivity contribution in [2.24, 2.45) is 0 Å². The molecule has 0 fully saturated rings. The molecule has 0 atom stereocenters. The molecule has 13 heavy (non-hydrogen) atoms. The quantitative estimate of drug-likeness (QED) is 0.622. The SMILES string of the molecule is Fc1ccccc1CNCCCBr. The molecule has 0 saturated heterocycles. The van der Waals surface area contributed by atoms with E-state index in [4.69, 9.17) is 0 Å². The molecule has 1 aromatic rings. The number of hydrogen-bond donors (Lipinski definition) is 1. The van der Waals surface area contributed by atoms with Gasteiger partial charge in [0.1, 0.15) is 5.82 Å². The maximum atomic E-state index is 13.0. The predicted molar refractivity (Wildman–Crippen MR) is 56.5 cm³/mol. The molecule has 3 heteroatoms. The molecule has 0 radical (unpaired) electrons. The van der Waals surface area contributed by atoms with Crippen LogP contribution in [-0.4, -0.2) is 11.9 Å². The van der Waals surface area contributed by atoms with Crippen molar-refractivity contribution in [1.82, 2.24) is 5.32 Å². The molecule has 0 aromatic heterocycles. The Kier molecular flexibility index (Phi) is 5.01. The second-order valence-corrected chi connectivity index (χ2v) is 3.60. The molecule has 1 rings (SSSR count). The van der Waals surface area contributed by atoms with E-state index >= 15 is 0 Å². The summed E-state index contributed by atoms with van der Waals surface area (Å²) in [5, 5.41) is 4.16. The van der Waals surface area contributed by atoms with Gasteiger partial charge in [0, 0.05) is 17.4 Å². The first-order valence-electron chi connectivity index (χ1n) is 4.34. The summed E-state index contributed by atoms with van der Waals surface area (Å²) in [7, 11) is 0. The first-order chi connectivity index (χ1) is 6.34. The topological polar surface area (TPSA) is 12.0 Å². The van der Waals surface area contributed by atoms with E-state index in [1.54, 1.807) is 12.1 Å². The zero-order chi connectivity index (χ0) is 9.52. The van der Waals surface area contributed by atoms with Crippen LogP contribution in [0.4, 0.5) is 4.39 Å². The number of benzene rings is 1. The maximum Gasteiger partial charge on any atom is 0.127 e. The van der Waals surface area contributed by atoms with Gasteiger partial charge < -0.3 is 5.32 Å². The fraction of sp³-hybridized carbons (Fsp3) is 0.400. The van der Waals surface area contributed by atoms with Crippen molar-refractivity contribution in [3.63, 3.8) is 0 Å². The molecule has 0 aliphatic heterocycles. The Morgan fingerprint density at radius 2 is 2.08 bits per heavy atom. The normalized spacial score (nSPS) is 10.3. The van der Waals surface area contributed by atoms with Gasteiger partial charge in [0.25, 0.3) is 0 Å². The smallest absolute Gasteiger partial charge is 0.127 e. The number of halogens is 2. The number of alkyl halides is 1. The monoisotopic (exact) mass is 245 g/mol. The predicted octanol–water partition coefficient (Wildman–Crippen LogP) is 2.70. The van der Waals surface area contributed by atoms with Crippen molar-refractivity contribution in [2.75, 3.05) is 11.9 Å². The maximum absolute atomic E-state index is 13.0. The zero-order valence-electron chi connectivity index (χ0n) is 7.39. The van der Waals surface area contributed by atoms with E-state index in [1.807, 2.05) is 6.07 Å². The van der Waals surface area contributed by atoms with Gasteiger partial charge in [-0.2, -0.15) is 0 Å². The van der Waals surface area contributed by atoms with E-state index in [0.717, 1.165) is 23.9 Å². The summed E-state index contributed by atoms with van der Waals surface area (Å²) in [6.07, 6.45) is 1.06. The summed E-state index contributed by atoms with van der Waals surface area (Å²) >= 11 is 3.34. The summed E-state index contributed by atoms with van der Waals surface area (Å²) in [4.78, 5) is 0. The summed E-state index contributed by atoms with van der Waals surface area (Å²) < 4.78 is 13.0. The number of rotatable bonds is 5. The van der Waals surface area contributed by atoms with Crippen molar-refractivity contribution in [3.05, 3.63) is 35.6 Å². The van der Waals surface area contributed by atoms with Gasteiger partial charge in [-0.05, 0) is 19.0 Å². The van der Waals surface area contributed by atoms with E-state index in [9.17, 15) is 4.39 Å². The Balaban J connectivity index is 2.32. The summed E-state index contributed by atoms with van der Waals surface area (Å²) in [6.45, 7) is 1.53. The largest absolute Gasteiger partial charge is 0.313 e. The standard InChI is InChI=1S/C10H13BrFN/c11-6-3-7-13-8-9-4-1-2-5-10(9)12/h1-2,4-5,13H,3,6-8H2. The van der Waals surface area contributed by atoms with Crippen molar-refractivity contribution >= 4 is 15.9 Å². The van der Waals surface area contributed by atoms with Gasteiger partial charge in [0.05, 0.1) is 0 Å². The van der Waals surface area contributed by atoms with Crippen LogP contribution < -0.4 is 5.32 Å². The molecule has 0 saturated carbocycles. The highest BCUT2D eigenvalue weighted by atomic mass is 79.9. The van der Waals surface area contributed by atoms with Crippen LogP contribution in [0.5, 0.6) is 0 Å². The molecule has 1 nitrogen and oxygen atoms in total. The molecule has 0 heterocycles. The van der Waals surface area contributed by atoms with E-state index in [2.05, 4.69) is 21.2 Å². The number of nitrogens with one attached hydrogen (secondary N) is 1. The molecule has 1 aromatic carbocycles. The summed E-state index contributed by atoms with van der Waals surface area (Å²) in [5.41, 5.74) is 0.733. The lowest BCUT2D eigenvalue weighted by atomic mass is 10.2. The van der Waals surface area contributed by atoms with E-state index in [-0.39, 0.29) is 5.82 Å². The van der Waals surface area contributed by atoms with Crippen LogP contribution in [0, 0.1) is 5.82 Å². The second kappa shape index (κ2) is 6.11. The summed E-state index contributed by atoms with van der Waals surface area (Å²) in [6, 6.07) is 6.85. The van der Waals surface area contributed by atoms with Crippen molar-refractivity contribution in [1.29, 1.82) is 0 Å². The highest BCUT2D eigenvalue weighted by molar-refractivity contribution is 9.09.